The van der Waals surface area contributed by atoms with Gasteiger partial charge in [-0.1, -0.05) is 55.5 Å². The van der Waals surface area contributed by atoms with Crippen molar-refractivity contribution in [1.82, 2.24) is 5.01 Å². The van der Waals surface area contributed by atoms with Gasteiger partial charge >= 0.3 is 0 Å². The van der Waals surface area contributed by atoms with Crippen molar-refractivity contribution in [1.29, 1.82) is 0 Å². The van der Waals surface area contributed by atoms with Gasteiger partial charge in [-0.2, -0.15) is 5.10 Å². The number of amides is 1. The molecule has 0 N–H and O–H groups in total. The summed E-state index contributed by atoms with van der Waals surface area (Å²) in [7, 11) is 0. The van der Waals surface area contributed by atoms with E-state index in [1.54, 1.807) is 11.9 Å². The molecule has 1 aliphatic heterocycles. The van der Waals surface area contributed by atoms with E-state index in [1.165, 1.54) is 0 Å². The van der Waals surface area contributed by atoms with Crippen molar-refractivity contribution in [3.05, 3.63) is 48.6 Å². The van der Waals surface area contributed by atoms with Gasteiger partial charge in [0.05, 0.1) is 11.8 Å². The van der Waals surface area contributed by atoms with Crippen LogP contribution in [0, 0.1) is 17.8 Å². The number of carbonyl (C=O) groups excluding carboxylic acids is 1. The predicted molar refractivity (Wildman–Crippen MR) is 76.4 cm³/mol. The average molecular weight is 254 g/mol. The quantitative estimate of drug-likeness (QED) is 0.745. The first-order chi connectivity index (χ1) is 9.18. The standard InChI is InChI=1S/C16H18N2O/c1-11-15(13-7-3-4-8-13)17-18(12(2)19)16(11)14-9-5-6-10-14/h3-11,13-14,16H,1-2H3. The van der Waals surface area contributed by atoms with Crippen molar-refractivity contribution in [3.8, 4) is 0 Å². The van der Waals surface area contributed by atoms with Gasteiger partial charge in [-0.05, 0) is 0 Å². The highest BCUT2D eigenvalue weighted by atomic mass is 16.2. The molecule has 2 unspecified atom stereocenters. The molecule has 0 aromatic rings. The molecule has 0 spiro atoms. The van der Waals surface area contributed by atoms with Crippen LogP contribution in [-0.4, -0.2) is 22.7 Å². The smallest absolute Gasteiger partial charge is 0.239 e. The van der Waals surface area contributed by atoms with Crippen LogP contribution in [0.3, 0.4) is 0 Å². The van der Waals surface area contributed by atoms with Gasteiger partial charge in [0.25, 0.3) is 0 Å². The van der Waals surface area contributed by atoms with Crippen LogP contribution < -0.4 is 0 Å². The van der Waals surface area contributed by atoms with Crippen LogP contribution in [-0.2, 0) is 4.79 Å². The molecule has 98 valence electrons. The van der Waals surface area contributed by atoms with Crippen LogP contribution in [0.5, 0.6) is 0 Å². The third-order valence-electron chi connectivity index (χ3n) is 4.07. The lowest BCUT2D eigenvalue weighted by molar-refractivity contribution is -0.131. The van der Waals surface area contributed by atoms with E-state index in [-0.39, 0.29) is 29.7 Å². The molecule has 3 heteroatoms. The molecule has 2 atom stereocenters. The van der Waals surface area contributed by atoms with E-state index < -0.39 is 0 Å². The van der Waals surface area contributed by atoms with E-state index in [0.717, 1.165) is 5.71 Å². The summed E-state index contributed by atoms with van der Waals surface area (Å²) in [5, 5.41) is 6.28. The van der Waals surface area contributed by atoms with Crippen molar-refractivity contribution in [2.45, 2.75) is 19.9 Å². The third-order valence-corrected chi connectivity index (χ3v) is 4.07. The first-order valence-electron chi connectivity index (χ1n) is 6.76. The summed E-state index contributed by atoms with van der Waals surface area (Å²) < 4.78 is 0. The Bertz CT molecular complexity index is 515. The topological polar surface area (TPSA) is 32.7 Å². The Morgan fingerprint density at radius 3 is 2.26 bits per heavy atom. The molecule has 3 aliphatic rings. The number of carbonyl (C=O) groups is 1. The van der Waals surface area contributed by atoms with Crippen molar-refractivity contribution < 1.29 is 4.79 Å². The minimum Gasteiger partial charge on any atom is -0.273 e. The molecule has 0 fully saturated rings. The molecule has 1 amide bonds. The molecule has 0 saturated carbocycles. The Hall–Kier alpha value is -1.90. The van der Waals surface area contributed by atoms with Gasteiger partial charge < -0.3 is 0 Å². The van der Waals surface area contributed by atoms with E-state index in [2.05, 4.69) is 36.3 Å². The van der Waals surface area contributed by atoms with Gasteiger partial charge in [-0.15, -0.1) is 0 Å². The van der Waals surface area contributed by atoms with Crippen molar-refractivity contribution >= 4 is 11.6 Å². The first-order valence-corrected chi connectivity index (χ1v) is 6.76. The molecule has 3 nitrogen and oxygen atoms in total. The van der Waals surface area contributed by atoms with E-state index in [9.17, 15) is 4.79 Å². The molecule has 3 rings (SSSR count). The molecule has 0 aromatic carbocycles. The van der Waals surface area contributed by atoms with Crippen LogP contribution >= 0.6 is 0 Å². The Morgan fingerprint density at radius 1 is 1.11 bits per heavy atom. The molecular weight excluding hydrogens is 236 g/mol. The fraction of sp³-hybridized carbons (Fsp3) is 0.375. The maximum Gasteiger partial charge on any atom is 0.239 e. The number of hydrazone groups is 1. The van der Waals surface area contributed by atoms with Gasteiger partial charge in [-0.3, -0.25) is 4.79 Å². The summed E-state index contributed by atoms with van der Waals surface area (Å²) in [6.45, 7) is 3.77. The van der Waals surface area contributed by atoms with Gasteiger partial charge in [0.1, 0.15) is 0 Å². The SMILES string of the molecule is CC(=O)N1N=C(C2C=CC=C2)C(C)C1C1C=CC=C1. The zero-order valence-corrected chi connectivity index (χ0v) is 11.2. The first kappa shape index (κ1) is 12.2. The Kier molecular flexibility index (Phi) is 2.97. The highest BCUT2D eigenvalue weighted by Gasteiger charge is 2.41. The van der Waals surface area contributed by atoms with Gasteiger partial charge in [-0.25, -0.2) is 5.01 Å². The van der Waals surface area contributed by atoms with Crippen molar-refractivity contribution in [2.75, 3.05) is 0 Å². The van der Waals surface area contributed by atoms with E-state index in [0.29, 0.717) is 0 Å². The normalized spacial score (nSPS) is 29.8. The fourth-order valence-electron chi connectivity index (χ4n) is 3.12. The maximum atomic E-state index is 11.9. The summed E-state index contributed by atoms with van der Waals surface area (Å²) in [5.74, 6) is 0.816. The number of hydrogen-bond acceptors (Lipinski definition) is 2. The highest BCUT2D eigenvalue weighted by molar-refractivity contribution is 5.96. The number of rotatable bonds is 2. The van der Waals surface area contributed by atoms with E-state index in [4.69, 9.17) is 0 Å². The van der Waals surface area contributed by atoms with E-state index >= 15 is 0 Å². The van der Waals surface area contributed by atoms with Gasteiger partial charge in [0.2, 0.25) is 5.91 Å². The largest absolute Gasteiger partial charge is 0.273 e. The second-order valence-corrected chi connectivity index (χ2v) is 5.31. The molecular formula is C16H18N2O. The lowest BCUT2D eigenvalue weighted by Crippen LogP contribution is -2.39. The van der Waals surface area contributed by atoms with Crippen LogP contribution in [0.1, 0.15) is 13.8 Å². The molecule has 0 radical (unpaired) electrons. The summed E-state index contributed by atoms with van der Waals surface area (Å²) in [4.78, 5) is 11.9. The predicted octanol–water partition coefficient (Wildman–Crippen LogP) is 2.69. The zero-order valence-electron chi connectivity index (χ0n) is 11.2. The van der Waals surface area contributed by atoms with Gasteiger partial charge in [0, 0.05) is 24.7 Å². The second-order valence-electron chi connectivity index (χ2n) is 5.31. The zero-order chi connectivity index (χ0) is 13.4. The minimum absolute atomic E-state index is 0.0199. The lowest BCUT2D eigenvalue weighted by atomic mass is 9.84. The fourth-order valence-corrected chi connectivity index (χ4v) is 3.12. The summed E-state index contributed by atoms with van der Waals surface area (Å²) in [5.41, 5.74) is 1.10. The van der Waals surface area contributed by atoms with Crippen LogP contribution in [0.2, 0.25) is 0 Å². The average Bonchev–Trinajstić information content (AvgIpc) is 3.07. The number of allylic oxidation sites excluding steroid dienone is 6. The van der Waals surface area contributed by atoms with Crippen LogP contribution in [0.25, 0.3) is 0 Å². The monoisotopic (exact) mass is 254 g/mol. The lowest BCUT2D eigenvalue weighted by Gasteiger charge is -2.27. The second kappa shape index (κ2) is 4.65. The Morgan fingerprint density at radius 2 is 1.68 bits per heavy atom. The summed E-state index contributed by atoms with van der Waals surface area (Å²) >= 11 is 0. The summed E-state index contributed by atoms with van der Waals surface area (Å²) in [6.07, 6.45) is 16.7. The molecule has 0 aromatic heterocycles. The molecule has 0 bridgehead atoms. The molecule has 1 heterocycles. The Balaban J connectivity index is 1.91. The highest BCUT2D eigenvalue weighted by Crippen LogP contribution is 2.34. The van der Waals surface area contributed by atoms with Crippen molar-refractivity contribution in [2.24, 2.45) is 22.9 Å². The maximum absolute atomic E-state index is 11.9. The number of hydrogen-bond donors (Lipinski definition) is 0. The van der Waals surface area contributed by atoms with E-state index in [1.807, 2.05) is 24.3 Å². The molecule has 2 aliphatic carbocycles. The van der Waals surface area contributed by atoms with Crippen molar-refractivity contribution in [3.63, 3.8) is 0 Å². The third kappa shape index (κ3) is 1.99. The van der Waals surface area contributed by atoms with Crippen LogP contribution in [0.15, 0.2) is 53.7 Å². The molecule has 19 heavy (non-hydrogen) atoms. The van der Waals surface area contributed by atoms with Crippen LogP contribution in [0.4, 0.5) is 0 Å². The minimum atomic E-state index is 0.0199. The summed E-state index contributed by atoms with van der Waals surface area (Å²) in [6, 6.07) is 0.116. The van der Waals surface area contributed by atoms with Gasteiger partial charge in [0.15, 0.2) is 0 Å². The Labute approximate surface area is 113 Å². The number of nitrogens with zero attached hydrogens (tertiary/aromatic N) is 2. The molecule has 0 saturated heterocycles.